The van der Waals surface area contributed by atoms with Gasteiger partial charge in [0.05, 0.1) is 6.04 Å². The third kappa shape index (κ3) is 3.92. The fourth-order valence-corrected chi connectivity index (χ4v) is 3.97. The van der Waals surface area contributed by atoms with E-state index in [-0.39, 0.29) is 23.7 Å². The molecule has 2 aliphatic rings. The second-order valence-electron chi connectivity index (χ2n) is 7.39. The molecule has 2 aromatic rings. The normalized spacial score (nSPS) is 19.9. The van der Waals surface area contributed by atoms with Crippen molar-refractivity contribution in [2.45, 2.75) is 25.4 Å². The van der Waals surface area contributed by atoms with E-state index in [0.717, 1.165) is 24.1 Å². The zero-order chi connectivity index (χ0) is 19.5. The standard InChI is InChI=1S/C22H24FN3O2/c23-19-4-1-3-18(13-19)20-14-24-10-12-26(20)22(28)17-8-6-16(7-9-17)15-25-11-2-5-21(25)27/h1,3-4,6-9,13,20,24H,2,5,10-12,14-15H2. The summed E-state index contributed by atoms with van der Waals surface area (Å²) in [5.41, 5.74) is 2.43. The lowest BCUT2D eigenvalue weighted by Gasteiger charge is -2.36. The highest BCUT2D eigenvalue weighted by Gasteiger charge is 2.29. The van der Waals surface area contributed by atoms with Gasteiger partial charge in [-0.2, -0.15) is 0 Å². The minimum absolute atomic E-state index is 0.0560. The van der Waals surface area contributed by atoms with Crippen molar-refractivity contribution in [1.29, 1.82) is 0 Å². The van der Waals surface area contributed by atoms with Crippen molar-refractivity contribution < 1.29 is 14.0 Å². The number of halogens is 1. The summed E-state index contributed by atoms with van der Waals surface area (Å²) in [5, 5.41) is 3.29. The topological polar surface area (TPSA) is 52.7 Å². The SMILES string of the molecule is O=C1CCCN1Cc1ccc(C(=O)N2CCNCC2c2cccc(F)c2)cc1. The summed E-state index contributed by atoms with van der Waals surface area (Å²) < 4.78 is 13.7. The first-order chi connectivity index (χ1) is 13.6. The summed E-state index contributed by atoms with van der Waals surface area (Å²) in [6.45, 7) is 3.28. The van der Waals surface area contributed by atoms with E-state index < -0.39 is 0 Å². The summed E-state index contributed by atoms with van der Waals surface area (Å²) in [6.07, 6.45) is 1.54. The van der Waals surface area contributed by atoms with Crippen molar-refractivity contribution >= 4 is 11.8 Å². The largest absolute Gasteiger partial charge is 0.338 e. The molecular formula is C22H24FN3O2. The quantitative estimate of drug-likeness (QED) is 0.886. The Labute approximate surface area is 164 Å². The molecule has 2 aliphatic heterocycles. The van der Waals surface area contributed by atoms with Crippen LogP contribution in [0, 0.1) is 5.82 Å². The highest BCUT2D eigenvalue weighted by Crippen LogP contribution is 2.25. The van der Waals surface area contributed by atoms with Crippen molar-refractivity contribution in [3.63, 3.8) is 0 Å². The monoisotopic (exact) mass is 381 g/mol. The maximum atomic E-state index is 13.7. The first kappa shape index (κ1) is 18.6. The molecule has 6 heteroatoms. The molecule has 0 saturated carbocycles. The van der Waals surface area contributed by atoms with Gasteiger partial charge in [-0.25, -0.2) is 4.39 Å². The molecule has 2 saturated heterocycles. The molecule has 0 bridgehead atoms. The molecule has 2 amide bonds. The fraction of sp³-hybridized carbons (Fsp3) is 0.364. The van der Waals surface area contributed by atoms with Crippen LogP contribution in [0.4, 0.5) is 4.39 Å². The summed E-state index contributed by atoms with van der Waals surface area (Å²) in [4.78, 5) is 28.6. The molecule has 2 heterocycles. The lowest BCUT2D eigenvalue weighted by Crippen LogP contribution is -2.48. The molecule has 0 aromatic heterocycles. The Bertz CT molecular complexity index is 868. The third-order valence-corrected chi connectivity index (χ3v) is 5.48. The highest BCUT2D eigenvalue weighted by atomic mass is 19.1. The molecule has 28 heavy (non-hydrogen) atoms. The van der Waals surface area contributed by atoms with Crippen LogP contribution < -0.4 is 5.32 Å². The zero-order valence-corrected chi connectivity index (χ0v) is 15.7. The second kappa shape index (κ2) is 8.10. The number of nitrogens with one attached hydrogen (secondary N) is 1. The Morgan fingerprint density at radius 2 is 1.96 bits per heavy atom. The van der Waals surface area contributed by atoms with E-state index in [1.807, 2.05) is 40.1 Å². The van der Waals surface area contributed by atoms with Gasteiger partial charge in [-0.05, 0) is 41.8 Å². The predicted molar refractivity (Wildman–Crippen MR) is 104 cm³/mol. The van der Waals surface area contributed by atoms with E-state index in [1.165, 1.54) is 12.1 Å². The van der Waals surface area contributed by atoms with Gasteiger partial charge in [0, 0.05) is 44.7 Å². The molecule has 5 nitrogen and oxygen atoms in total. The lowest BCUT2D eigenvalue weighted by atomic mass is 10.0. The van der Waals surface area contributed by atoms with Gasteiger partial charge >= 0.3 is 0 Å². The van der Waals surface area contributed by atoms with Crippen LogP contribution in [0.2, 0.25) is 0 Å². The Hall–Kier alpha value is -2.73. The fourth-order valence-electron chi connectivity index (χ4n) is 3.97. The van der Waals surface area contributed by atoms with E-state index in [9.17, 15) is 14.0 Å². The molecule has 4 rings (SSSR count). The molecule has 0 radical (unpaired) electrons. The molecule has 1 N–H and O–H groups in total. The number of nitrogens with zero attached hydrogens (tertiary/aromatic N) is 2. The minimum Gasteiger partial charge on any atom is -0.338 e. The number of hydrogen-bond donors (Lipinski definition) is 1. The number of piperazine rings is 1. The van der Waals surface area contributed by atoms with Crippen LogP contribution in [0.5, 0.6) is 0 Å². The van der Waals surface area contributed by atoms with Gasteiger partial charge in [-0.15, -0.1) is 0 Å². The van der Waals surface area contributed by atoms with E-state index in [4.69, 9.17) is 0 Å². The highest BCUT2D eigenvalue weighted by molar-refractivity contribution is 5.94. The van der Waals surface area contributed by atoms with E-state index >= 15 is 0 Å². The lowest BCUT2D eigenvalue weighted by molar-refractivity contribution is -0.128. The number of likely N-dealkylation sites (tertiary alicyclic amines) is 1. The maximum Gasteiger partial charge on any atom is 0.254 e. The third-order valence-electron chi connectivity index (χ3n) is 5.48. The zero-order valence-electron chi connectivity index (χ0n) is 15.7. The van der Waals surface area contributed by atoms with Gasteiger partial charge in [0.25, 0.3) is 5.91 Å². The summed E-state index contributed by atoms with van der Waals surface area (Å²) >= 11 is 0. The molecule has 1 unspecified atom stereocenters. The Morgan fingerprint density at radius 1 is 1.14 bits per heavy atom. The van der Waals surface area contributed by atoms with Crippen LogP contribution in [-0.4, -0.2) is 47.8 Å². The van der Waals surface area contributed by atoms with Gasteiger partial charge in [0.2, 0.25) is 5.91 Å². The maximum absolute atomic E-state index is 13.7. The Kier molecular flexibility index (Phi) is 5.39. The molecular weight excluding hydrogens is 357 g/mol. The predicted octanol–water partition coefficient (Wildman–Crippen LogP) is 2.73. The average molecular weight is 381 g/mol. The van der Waals surface area contributed by atoms with Gasteiger partial charge in [-0.1, -0.05) is 24.3 Å². The van der Waals surface area contributed by atoms with Crippen LogP contribution in [0.15, 0.2) is 48.5 Å². The molecule has 2 aromatic carbocycles. The van der Waals surface area contributed by atoms with Crippen molar-refractivity contribution in [3.8, 4) is 0 Å². The number of rotatable bonds is 4. The van der Waals surface area contributed by atoms with Gasteiger partial charge in [0.15, 0.2) is 0 Å². The van der Waals surface area contributed by atoms with Crippen LogP contribution in [-0.2, 0) is 11.3 Å². The molecule has 146 valence electrons. The number of benzene rings is 2. The molecule has 2 fully saturated rings. The van der Waals surface area contributed by atoms with Gasteiger partial charge < -0.3 is 15.1 Å². The number of amides is 2. The van der Waals surface area contributed by atoms with Crippen molar-refractivity contribution in [2.75, 3.05) is 26.2 Å². The van der Waals surface area contributed by atoms with Crippen LogP contribution in [0.3, 0.4) is 0 Å². The first-order valence-corrected chi connectivity index (χ1v) is 9.76. The molecule has 1 atom stereocenters. The number of hydrogen-bond acceptors (Lipinski definition) is 3. The van der Waals surface area contributed by atoms with E-state index in [1.54, 1.807) is 6.07 Å². The summed E-state index contributed by atoms with van der Waals surface area (Å²) in [7, 11) is 0. The van der Waals surface area contributed by atoms with Crippen LogP contribution in [0.25, 0.3) is 0 Å². The Balaban J connectivity index is 1.49. The van der Waals surface area contributed by atoms with Crippen LogP contribution in [0.1, 0.15) is 40.4 Å². The van der Waals surface area contributed by atoms with E-state index in [0.29, 0.717) is 38.2 Å². The Morgan fingerprint density at radius 3 is 2.68 bits per heavy atom. The second-order valence-corrected chi connectivity index (χ2v) is 7.39. The first-order valence-electron chi connectivity index (χ1n) is 9.76. The van der Waals surface area contributed by atoms with Crippen molar-refractivity contribution in [1.82, 2.24) is 15.1 Å². The number of carbonyl (C=O) groups excluding carboxylic acids is 2. The molecule has 0 aliphatic carbocycles. The number of carbonyl (C=O) groups is 2. The average Bonchev–Trinajstić information content (AvgIpc) is 3.12. The van der Waals surface area contributed by atoms with Gasteiger partial charge in [0.1, 0.15) is 5.82 Å². The molecule has 0 spiro atoms. The minimum atomic E-state index is -0.295. The van der Waals surface area contributed by atoms with Crippen molar-refractivity contribution in [2.24, 2.45) is 0 Å². The van der Waals surface area contributed by atoms with Gasteiger partial charge in [-0.3, -0.25) is 9.59 Å². The summed E-state index contributed by atoms with van der Waals surface area (Å²) in [6, 6.07) is 13.7. The van der Waals surface area contributed by atoms with Crippen LogP contribution >= 0.6 is 0 Å². The summed E-state index contributed by atoms with van der Waals surface area (Å²) in [5.74, 6) is -0.158. The van der Waals surface area contributed by atoms with Crippen molar-refractivity contribution in [3.05, 3.63) is 71.0 Å². The smallest absolute Gasteiger partial charge is 0.254 e. The van der Waals surface area contributed by atoms with E-state index in [2.05, 4.69) is 5.32 Å².